The number of hydrogen-bond donors (Lipinski definition) is 3. The van der Waals surface area contributed by atoms with Crippen LogP contribution >= 0.6 is 12.2 Å². The number of benzene rings is 3. The lowest BCUT2D eigenvalue weighted by Crippen LogP contribution is -2.32. The van der Waals surface area contributed by atoms with Crippen molar-refractivity contribution in [1.82, 2.24) is 5.32 Å². The van der Waals surface area contributed by atoms with Crippen LogP contribution in [0.15, 0.2) is 77.7 Å². The Bertz CT molecular complexity index is 1280. The molecular formula is C25H25N3O3S2. The van der Waals surface area contributed by atoms with Crippen molar-refractivity contribution in [3.8, 4) is 0 Å². The molecule has 0 unspecified atom stereocenters. The quantitative estimate of drug-likeness (QED) is 0.344. The van der Waals surface area contributed by atoms with E-state index in [1.54, 1.807) is 30.3 Å². The van der Waals surface area contributed by atoms with E-state index in [2.05, 4.69) is 15.4 Å². The normalized spacial score (nSPS) is 11.2. The van der Waals surface area contributed by atoms with Crippen LogP contribution in [-0.2, 0) is 14.8 Å². The minimum atomic E-state index is -3.74. The van der Waals surface area contributed by atoms with Crippen molar-refractivity contribution in [1.29, 1.82) is 0 Å². The van der Waals surface area contributed by atoms with Gasteiger partial charge < -0.3 is 5.32 Å². The molecule has 0 aliphatic rings. The van der Waals surface area contributed by atoms with Crippen LogP contribution in [0.2, 0.25) is 0 Å². The molecule has 8 heteroatoms. The lowest BCUT2D eigenvalue weighted by Gasteiger charge is -2.11. The molecule has 0 spiro atoms. The van der Waals surface area contributed by atoms with Crippen molar-refractivity contribution >= 4 is 50.7 Å². The summed E-state index contributed by atoms with van der Waals surface area (Å²) >= 11 is 5.17. The van der Waals surface area contributed by atoms with Crippen LogP contribution in [0.5, 0.6) is 0 Å². The molecule has 0 bridgehead atoms. The fourth-order valence-electron chi connectivity index (χ4n) is 3.13. The molecule has 0 saturated heterocycles. The molecule has 170 valence electrons. The van der Waals surface area contributed by atoms with Crippen molar-refractivity contribution < 1.29 is 13.2 Å². The minimum absolute atomic E-state index is 0.109. The van der Waals surface area contributed by atoms with E-state index in [-0.39, 0.29) is 15.9 Å². The van der Waals surface area contributed by atoms with Gasteiger partial charge in [0.25, 0.3) is 10.0 Å². The number of sulfonamides is 1. The fraction of sp³-hybridized carbons (Fsp3) is 0.120. The predicted molar refractivity (Wildman–Crippen MR) is 138 cm³/mol. The summed E-state index contributed by atoms with van der Waals surface area (Å²) in [6, 6.07) is 19.4. The van der Waals surface area contributed by atoms with Crippen LogP contribution < -0.4 is 15.4 Å². The lowest BCUT2D eigenvalue weighted by atomic mass is 10.1. The zero-order valence-electron chi connectivity index (χ0n) is 18.5. The molecule has 3 N–H and O–H groups in total. The first-order valence-electron chi connectivity index (χ1n) is 10.2. The number of aryl methyl sites for hydroxylation is 3. The number of amides is 1. The summed E-state index contributed by atoms with van der Waals surface area (Å²) in [5, 5.41) is 5.54. The third-order valence-corrected chi connectivity index (χ3v) is 6.24. The van der Waals surface area contributed by atoms with Crippen LogP contribution in [0.25, 0.3) is 6.08 Å². The van der Waals surface area contributed by atoms with Crippen LogP contribution in [0.1, 0.15) is 22.3 Å². The summed E-state index contributed by atoms with van der Waals surface area (Å²) in [7, 11) is -3.74. The van der Waals surface area contributed by atoms with Crippen molar-refractivity contribution in [3.05, 3.63) is 95.1 Å². The number of hydrogen-bond acceptors (Lipinski definition) is 4. The summed E-state index contributed by atoms with van der Waals surface area (Å²) < 4.78 is 28.0. The Morgan fingerprint density at radius 2 is 1.42 bits per heavy atom. The van der Waals surface area contributed by atoms with Crippen molar-refractivity contribution in [2.24, 2.45) is 0 Å². The molecule has 0 saturated carbocycles. The van der Waals surface area contributed by atoms with Crippen LogP contribution in [0.4, 0.5) is 11.4 Å². The van der Waals surface area contributed by atoms with E-state index in [4.69, 9.17) is 12.2 Å². The first-order valence-corrected chi connectivity index (χ1v) is 12.1. The highest BCUT2D eigenvalue weighted by atomic mass is 32.2. The molecule has 0 aliphatic heterocycles. The third-order valence-electron chi connectivity index (χ3n) is 4.64. The maximum absolute atomic E-state index is 12.7. The van der Waals surface area contributed by atoms with E-state index in [9.17, 15) is 13.2 Å². The Hall–Kier alpha value is -3.49. The zero-order chi connectivity index (χ0) is 24.0. The molecular weight excluding hydrogens is 454 g/mol. The van der Waals surface area contributed by atoms with E-state index in [1.165, 1.54) is 18.2 Å². The molecule has 33 heavy (non-hydrogen) atoms. The molecule has 3 aromatic carbocycles. The number of nitrogens with one attached hydrogen (secondary N) is 3. The Balaban J connectivity index is 1.58. The fourth-order valence-corrected chi connectivity index (χ4v) is 4.39. The molecule has 6 nitrogen and oxygen atoms in total. The maximum Gasteiger partial charge on any atom is 0.261 e. The molecule has 0 fully saturated rings. The molecule has 3 rings (SSSR count). The average Bonchev–Trinajstić information content (AvgIpc) is 2.72. The van der Waals surface area contributed by atoms with Gasteiger partial charge in [0.2, 0.25) is 5.91 Å². The predicted octanol–water partition coefficient (Wildman–Crippen LogP) is 4.94. The molecule has 0 radical (unpaired) electrons. The van der Waals surface area contributed by atoms with Gasteiger partial charge in [0.05, 0.1) is 4.90 Å². The van der Waals surface area contributed by atoms with E-state index in [0.717, 1.165) is 22.3 Å². The molecule has 0 atom stereocenters. The van der Waals surface area contributed by atoms with Gasteiger partial charge in [-0.25, -0.2) is 8.42 Å². The summed E-state index contributed by atoms with van der Waals surface area (Å²) in [5.74, 6) is -0.370. The number of carbonyl (C=O) groups excluding carboxylic acids is 1. The SMILES string of the molecule is Cc1ccc(C=CC(=O)NC(=S)Nc2ccc(S(=O)(=O)Nc3cc(C)cc(C)c3)cc2)cc1. The third kappa shape index (κ3) is 7.27. The topological polar surface area (TPSA) is 87.3 Å². The summed E-state index contributed by atoms with van der Waals surface area (Å²) in [4.78, 5) is 12.2. The first-order chi connectivity index (χ1) is 15.6. The first kappa shape index (κ1) is 24.2. The second-order valence-electron chi connectivity index (χ2n) is 7.69. The highest BCUT2D eigenvalue weighted by Crippen LogP contribution is 2.20. The zero-order valence-corrected chi connectivity index (χ0v) is 20.2. The van der Waals surface area contributed by atoms with E-state index in [0.29, 0.717) is 11.4 Å². The van der Waals surface area contributed by atoms with Gasteiger partial charge in [-0.05, 0) is 92.2 Å². The molecule has 0 aliphatic carbocycles. The van der Waals surface area contributed by atoms with Gasteiger partial charge in [0.15, 0.2) is 5.11 Å². The van der Waals surface area contributed by atoms with Gasteiger partial charge in [-0.1, -0.05) is 35.9 Å². The second-order valence-corrected chi connectivity index (χ2v) is 9.78. The summed E-state index contributed by atoms with van der Waals surface area (Å²) in [6.07, 6.45) is 3.09. The standard InChI is InChI=1S/C25H25N3O3S2/c1-17-4-6-20(7-5-17)8-13-24(29)27-25(32)26-21-9-11-23(12-10-21)33(30,31)28-22-15-18(2)14-19(3)16-22/h4-16,28H,1-3H3,(H2,26,27,29,32). The van der Waals surface area contributed by atoms with Gasteiger partial charge in [0.1, 0.15) is 0 Å². The number of anilines is 2. The van der Waals surface area contributed by atoms with Crippen molar-refractivity contribution in [2.75, 3.05) is 10.0 Å². The average molecular weight is 480 g/mol. The Morgan fingerprint density at radius 3 is 2.03 bits per heavy atom. The maximum atomic E-state index is 12.7. The summed E-state index contributed by atoms with van der Waals surface area (Å²) in [6.45, 7) is 5.81. The largest absolute Gasteiger partial charge is 0.332 e. The number of carbonyl (C=O) groups is 1. The smallest absolute Gasteiger partial charge is 0.261 e. The van der Waals surface area contributed by atoms with E-state index >= 15 is 0 Å². The van der Waals surface area contributed by atoms with Crippen molar-refractivity contribution in [3.63, 3.8) is 0 Å². The highest BCUT2D eigenvalue weighted by molar-refractivity contribution is 7.92. The Morgan fingerprint density at radius 1 is 0.818 bits per heavy atom. The number of thiocarbonyl (C=S) groups is 1. The van der Waals surface area contributed by atoms with Gasteiger partial charge in [0, 0.05) is 17.5 Å². The van der Waals surface area contributed by atoms with Gasteiger partial charge >= 0.3 is 0 Å². The van der Waals surface area contributed by atoms with Crippen LogP contribution in [0.3, 0.4) is 0 Å². The van der Waals surface area contributed by atoms with Crippen molar-refractivity contribution in [2.45, 2.75) is 25.7 Å². The number of rotatable bonds is 6. The van der Waals surface area contributed by atoms with Crippen LogP contribution in [-0.4, -0.2) is 19.4 Å². The second kappa shape index (κ2) is 10.4. The van der Waals surface area contributed by atoms with Gasteiger partial charge in [-0.2, -0.15) is 0 Å². The Kier molecular flexibility index (Phi) is 7.63. The molecule has 0 aromatic heterocycles. The molecule has 0 heterocycles. The van der Waals surface area contributed by atoms with Gasteiger partial charge in [-0.3, -0.25) is 14.8 Å². The van der Waals surface area contributed by atoms with E-state index in [1.807, 2.05) is 51.1 Å². The van der Waals surface area contributed by atoms with Gasteiger partial charge in [-0.15, -0.1) is 0 Å². The minimum Gasteiger partial charge on any atom is -0.332 e. The molecule has 1 amide bonds. The van der Waals surface area contributed by atoms with Crippen LogP contribution in [0, 0.1) is 20.8 Å². The van der Waals surface area contributed by atoms with E-state index < -0.39 is 10.0 Å². The molecule has 3 aromatic rings. The highest BCUT2D eigenvalue weighted by Gasteiger charge is 2.14. The lowest BCUT2D eigenvalue weighted by molar-refractivity contribution is -0.115. The monoisotopic (exact) mass is 479 g/mol. The Labute approximate surface area is 199 Å². The summed E-state index contributed by atoms with van der Waals surface area (Å²) in [5.41, 5.74) is 5.04.